The number of hydrogen-bond donors (Lipinski definition) is 1. The Balaban J connectivity index is 2.42. The van der Waals surface area contributed by atoms with Crippen LogP contribution in [-0.4, -0.2) is 18.2 Å². The second-order valence-corrected chi connectivity index (χ2v) is 3.96. The summed E-state index contributed by atoms with van der Waals surface area (Å²) in [4.78, 5) is 22.9. The summed E-state index contributed by atoms with van der Waals surface area (Å²) < 4.78 is 0. The zero-order valence-corrected chi connectivity index (χ0v) is 8.25. The first-order valence-electron chi connectivity index (χ1n) is 4.19. The largest absolute Gasteiger partial charge is 0.352 e. The smallest absolute Gasteiger partial charge is 0.248 e. The standard InChI is InChI=1S/C9H10NO2P/c11-8-1-2-10-9(12)7-4-5(13)3-6(7)8/h3H,1-2,4,13H2,(H,10,12). The lowest BCUT2D eigenvalue weighted by Gasteiger charge is -2.01. The van der Waals surface area contributed by atoms with Crippen molar-refractivity contribution in [2.75, 3.05) is 6.54 Å². The van der Waals surface area contributed by atoms with E-state index in [1.54, 1.807) is 6.08 Å². The van der Waals surface area contributed by atoms with Gasteiger partial charge in [0.2, 0.25) is 5.91 Å². The van der Waals surface area contributed by atoms with Crippen LogP contribution in [-0.2, 0) is 9.59 Å². The molecule has 0 fully saturated rings. The molecule has 0 saturated carbocycles. The maximum atomic E-state index is 11.5. The lowest BCUT2D eigenvalue weighted by atomic mass is 10.1. The number of carbonyl (C=O) groups is 2. The van der Waals surface area contributed by atoms with E-state index in [0.717, 1.165) is 5.31 Å². The fraction of sp³-hybridized carbons (Fsp3) is 0.333. The molecule has 0 aromatic heterocycles. The zero-order valence-electron chi connectivity index (χ0n) is 7.09. The van der Waals surface area contributed by atoms with Crippen LogP contribution in [0.4, 0.5) is 0 Å². The van der Waals surface area contributed by atoms with Crippen molar-refractivity contribution in [3.05, 3.63) is 22.5 Å². The third-order valence-corrected chi connectivity index (χ3v) is 2.62. The average Bonchev–Trinajstić information content (AvgIpc) is 2.41. The first kappa shape index (κ1) is 8.64. The minimum Gasteiger partial charge on any atom is -0.352 e. The SMILES string of the molecule is O=C1CCNC(=O)C2=C1C=C(P)C2. The van der Waals surface area contributed by atoms with Gasteiger partial charge in [0.05, 0.1) is 0 Å². The quantitative estimate of drug-likeness (QED) is 0.573. The summed E-state index contributed by atoms with van der Waals surface area (Å²) in [7, 11) is 2.54. The molecule has 0 spiro atoms. The molecule has 1 atom stereocenters. The molecule has 1 unspecified atom stereocenters. The molecule has 0 aromatic carbocycles. The van der Waals surface area contributed by atoms with Crippen molar-refractivity contribution in [1.29, 1.82) is 0 Å². The number of rotatable bonds is 0. The molecule has 1 N–H and O–H groups in total. The van der Waals surface area contributed by atoms with Gasteiger partial charge in [-0.05, 0) is 11.4 Å². The highest BCUT2D eigenvalue weighted by Gasteiger charge is 2.26. The number of nitrogens with one attached hydrogen (secondary N) is 1. The van der Waals surface area contributed by atoms with E-state index < -0.39 is 0 Å². The Morgan fingerprint density at radius 3 is 2.92 bits per heavy atom. The summed E-state index contributed by atoms with van der Waals surface area (Å²) in [5, 5.41) is 3.72. The highest BCUT2D eigenvalue weighted by atomic mass is 31.0. The van der Waals surface area contributed by atoms with Crippen LogP contribution < -0.4 is 5.32 Å². The van der Waals surface area contributed by atoms with Crippen molar-refractivity contribution in [3.8, 4) is 0 Å². The third-order valence-electron chi connectivity index (χ3n) is 2.25. The normalized spacial score (nSPS) is 22.4. The van der Waals surface area contributed by atoms with Gasteiger partial charge in [-0.25, -0.2) is 0 Å². The highest BCUT2D eigenvalue weighted by Crippen LogP contribution is 2.31. The molecule has 1 aliphatic carbocycles. The van der Waals surface area contributed by atoms with Crippen LogP contribution in [0.25, 0.3) is 0 Å². The second kappa shape index (κ2) is 3.08. The summed E-state index contributed by atoms with van der Waals surface area (Å²) in [6, 6.07) is 0. The fourth-order valence-corrected chi connectivity index (χ4v) is 1.98. The van der Waals surface area contributed by atoms with Gasteiger partial charge >= 0.3 is 0 Å². The van der Waals surface area contributed by atoms with Crippen LogP contribution in [0.5, 0.6) is 0 Å². The summed E-state index contributed by atoms with van der Waals surface area (Å²) >= 11 is 0. The van der Waals surface area contributed by atoms with Gasteiger partial charge in [-0.1, -0.05) is 0 Å². The summed E-state index contributed by atoms with van der Waals surface area (Å²) in [6.07, 6.45) is 2.81. The van der Waals surface area contributed by atoms with Crippen LogP contribution in [0.1, 0.15) is 12.8 Å². The number of hydrogen-bond acceptors (Lipinski definition) is 2. The van der Waals surface area contributed by atoms with E-state index >= 15 is 0 Å². The van der Waals surface area contributed by atoms with Crippen LogP contribution in [0.2, 0.25) is 0 Å². The molecule has 1 amide bonds. The maximum absolute atomic E-state index is 11.5. The van der Waals surface area contributed by atoms with Crippen molar-refractivity contribution in [2.45, 2.75) is 12.8 Å². The van der Waals surface area contributed by atoms with Crippen LogP contribution in [0.3, 0.4) is 0 Å². The van der Waals surface area contributed by atoms with E-state index in [-0.39, 0.29) is 11.7 Å². The molecule has 68 valence electrons. The van der Waals surface area contributed by atoms with Gasteiger partial charge in [0.25, 0.3) is 0 Å². The monoisotopic (exact) mass is 195 g/mol. The molecular weight excluding hydrogens is 185 g/mol. The molecule has 2 rings (SSSR count). The van der Waals surface area contributed by atoms with Gasteiger partial charge in [-0.2, -0.15) is 0 Å². The molecular formula is C9H10NO2P. The van der Waals surface area contributed by atoms with E-state index in [0.29, 0.717) is 30.5 Å². The van der Waals surface area contributed by atoms with Crippen LogP contribution in [0.15, 0.2) is 22.5 Å². The minimum absolute atomic E-state index is 0.0748. The van der Waals surface area contributed by atoms with Crippen molar-refractivity contribution in [2.24, 2.45) is 0 Å². The number of ketones is 1. The first-order valence-corrected chi connectivity index (χ1v) is 4.77. The lowest BCUT2D eigenvalue weighted by molar-refractivity contribution is -0.117. The van der Waals surface area contributed by atoms with Crippen molar-refractivity contribution in [3.63, 3.8) is 0 Å². The maximum Gasteiger partial charge on any atom is 0.248 e. The molecule has 13 heavy (non-hydrogen) atoms. The van der Waals surface area contributed by atoms with Crippen LogP contribution in [0, 0.1) is 0 Å². The highest BCUT2D eigenvalue weighted by molar-refractivity contribution is 7.22. The molecule has 0 radical (unpaired) electrons. The van der Waals surface area contributed by atoms with Crippen molar-refractivity contribution in [1.82, 2.24) is 5.32 Å². The Labute approximate surface area is 78.5 Å². The van der Waals surface area contributed by atoms with Crippen molar-refractivity contribution < 1.29 is 9.59 Å². The Bertz CT molecular complexity index is 355. The Morgan fingerprint density at radius 1 is 1.38 bits per heavy atom. The van der Waals surface area contributed by atoms with E-state index in [2.05, 4.69) is 14.6 Å². The van der Waals surface area contributed by atoms with E-state index in [4.69, 9.17) is 0 Å². The molecule has 4 heteroatoms. The van der Waals surface area contributed by atoms with E-state index in [1.165, 1.54) is 0 Å². The first-order chi connectivity index (χ1) is 6.18. The fourth-order valence-electron chi connectivity index (χ4n) is 1.61. The topological polar surface area (TPSA) is 46.2 Å². The van der Waals surface area contributed by atoms with Gasteiger partial charge in [0, 0.05) is 30.5 Å². The molecule has 2 aliphatic rings. The molecule has 0 aromatic rings. The van der Waals surface area contributed by atoms with Crippen LogP contribution >= 0.6 is 9.24 Å². The van der Waals surface area contributed by atoms with Gasteiger partial charge in [0.15, 0.2) is 5.78 Å². The summed E-state index contributed by atoms with van der Waals surface area (Å²) in [5.74, 6) is -0.0136. The van der Waals surface area contributed by atoms with Gasteiger partial charge < -0.3 is 5.32 Å². The van der Waals surface area contributed by atoms with E-state index in [1.807, 2.05) is 0 Å². The molecule has 1 heterocycles. The van der Waals surface area contributed by atoms with E-state index in [9.17, 15) is 9.59 Å². The molecule has 1 aliphatic heterocycles. The summed E-state index contributed by atoms with van der Waals surface area (Å²) in [5.41, 5.74) is 1.24. The third kappa shape index (κ3) is 1.44. The van der Waals surface area contributed by atoms with Gasteiger partial charge in [-0.3, -0.25) is 9.59 Å². The Kier molecular flexibility index (Phi) is 2.04. The Morgan fingerprint density at radius 2 is 2.15 bits per heavy atom. The number of amides is 1. The minimum atomic E-state index is -0.0884. The average molecular weight is 195 g/mol. The predicted molar refractivity (Wildman–Crippen MR) is 52.1 cm³/mol. The predicted octanol–water partition coefficient (Wildman–Crippen LogP) is 0.535. The molecule has 0 bridgehead atoms. The van der Waals surface area contributed by atoms with Crippen molar-refractivity contribution >= 4 is 20.9 Å². The zero-order chi connectivity index (χ0) is 9.42. The molecule has 0 saturated heterocycles. The summed E-state index contributed by atoms with van der Waals surface area (Å²) in [6.45, 7) is 0.463. The number of carbonyl (C=O) groups excluding carboxylic acids is 2. The number of allylic oxidation sites excluding steroid dienone is 3. The molecule has 3 nitrogen and oxygen atoms in total. The van der Waals surface area contributed by atoms with Gasteiger partial charge in [-0.15, -0.1) is 9.24 Å². The number of Topliss-reactive ketones (excluding diaryl/α,β-unsaturated/α-hetero) is 1. The second-order valence-electron chi connectivity index (χ2n) is 3.22. The Hall–Kier alpha value is -0.950. The van der Waals surface area contributed by atoms with Gasteiger partial charge in [0.1, 0.15) is 0 Å². The lowest BCUT2D eigenvalue weighted by Crippen LogP contribution is -2.24.